The second kappa shape index (κ2) is 9.44. The van der Waals surface area contributed by atoms with Gasteiger partial charge >= 0.3 is 0 Å². The monoisotopic (exact) mass is 384 g/mol. The molecule has 0 nitrogen and oxygen atoms in total. The van der Waals surface area contributed by atoms with Gasteiger partial charge in [0.25, 0.3) is 0 Å². The summed E-state index contributed by atoms with van der Waals surface area (Å²) >= 11 is 0. The highest BCUT2D eigenvalue weighted by Gasteiger charge is 2.35. The van der Waals surface area contributed by atoms with Crippen molar-refractivity contribution < 1.29 is 0 Å². The smallest absolute Gasteiger partial charge is 0.0105 e. The molecule has 0 saturated heterocycles. The highest BCUT2D eigenvalue weighted by atomic mass is 14.4. The van der Waals surface area contributed by atoms with Crippen molar-refractivity contribution in [2.75, 3.05) is 0 Å². The summed E-state index contributed by atoms with van der Waals surface area (Å²) < 4.78 is 0. The van der Waals surface area contributed by atoms with Crippen molar-refractivity contribution in [1.82, 2.24) is 0 Å². The maximum Gasteiger partial charge on any atom is -0.0105 e. The Kier molecular flexibility index (Phi) is 6.96. The van der Waals surface area contributed by atoms with Gasteiger partial charge in [-0.1, -0.05) is 119 Å². The van der Waals surface area contributed by atoms with Crippen molar-refractivity contribution in [2.45, 2.75) is 59.3 Å². The fourth-order valence-corrected chi connectivity index (χ4v) is 4.59. The first-order valence-electron chi connectivity index (χ1n) is 11.0. The van der Waals surface area contributed by atoms with Gasteiger partial charge in [0.1, 0.15) is 0 Å². The van der Waals surface area contributed by atoms with Crippen LogP contribution in [0.3, 0.4) is 0 Å². The second-order valence-corrected chi connectivity index (χ2v) is 9.97. The van der Waals surface area contributed by atoms with E-state index in [2.05, 4.69) is 119 Å². The Hall–Kier alpha value is -2.34. The van der Waals surface area contributed by atoms with Crippen LogP contribution in [0.15, 0.2) is 91.0 Å². The van der Waals surface area contributed by atoms with Gasteiger partial charge in [0.2, 0.25) is 0 Å². The predicted octanol–water partition coefficient (Wildman–Crippen LogP) is 8.09. The third kappa shape index (κ3) is 6.32. The SMILES string of the molecule is CC(C)(Cc1ccccc1)CC(c1ccccc1)C(C)(C)CCc1ccccc1. The molecule has 0 heterocycles. The van der Waals surface area contributed by atoms with Gasteiger partial charge in [-0.3, -0.25) is 0 Å². The Morgan fingerprint density at radius 2 is 1.10 bits per heavy atom. The Morgan fingerprint density at radius 3 is 1.66 bits per heavy atom. The minimum absolute atomic E-state index is 0.227. The van der Waals surface area contributed by atoms with Gasteiger partial charge in [0.05, 0.1) is 0 Å². The summed E-state index contributed by atoms with van der Waals surface area (Å²) in [5.41, 5.74) is 4.82. The largest absolute Gasteiger partial charge is 0.0622 e. The molecule has 0 amide bonds. The summed E-state index contributed by atoms with van der Waals surface area (Å²) in [5, 5.41) is 0. The molecule has 0 aliphatic rings. The average Bonchev–Trinajstić information content (AvgIpc) is 2.72. The molecular weight excluding hydrogens is 348 g/mol. The zero-order valence-electron chi connectivity index (χ0n) is 18.6. The van der Waals surface area contributed by atoms with Gasteiger partial charge in [-0.15, -0.1) is 0 Å². The Balaban J connectivity index is 1.80. The molecule has 0 aromatic heterocycles. The number of hydrogen-bond acceptors (Lipinski definition) is 0. The molecule has 0 bridgehead atoms. The van der Waals surface area contributed by atoms with Crippen molar-refractivity contribution in [2.24, 2.45) is 10.8 Å². The highest BCUT2D eigenvalue weighted by molar-refractivity contribution is 5.24. The summed E-state index contributed by atoms with van der Waals surface area (Å²) in [6.45, 7) is 9.80. The van der Waals surface area contributed by atoms with Crippen LogP contribution in [-0.4, -0.2) is 0 Å². The first kappa shape index (κ1) is 21.4. The number of benzene rings is 3. The molecule has 0 aliphatic heterocycles. The Bertz CT molecular complexity index is 844. The lowest BCUT2D eigenvalue weighted by Crippen LogP contribution is -2.29. The van der Waals surface area contributed by atoms with E-state index in [4.69, 9.17) is 0 Å². The molecule has 0 spiro atoms. The lowest BCUT2D eigenvalue weighted by molar-refractivity contribution is 0.185. The molecule has 0 radical (unpaired) electrons. The fraction of sp³-hybridized carbons (Fsp3) is 0.379. The molecule has 152 valence electrons. The standard InChI is InChI=1S/C29H36/c1-28(2,22-25-16-10-6-11-17-25)23-27(26-18-12-7-13-19-26)29(3,4)21-20-24-14-8-5-9-15-24/h5-19,27H,20-23H2,1-4H3. The highest BCUT2D eigenvalue weighted by Crippen LogP contribution is 2.46. The van der Waals surface area contributed by atoms with E-state index in [1.807, 2.05) is 0 Å². The minimum Gasteiger partial charge on any atom is -0.0622 e. The molecule has 0 aliphatic carbocycles. The van der Waals surface area contributed by atoms with Crippen LogP contribution in [0.2, 0.25) is 0 Å². The summed E-state index contributed by atoms with van der Waals surface area (Å²) in [7, 11) is 0. The number of aryl methyl sites for hydroxylation is 1. The van der Waals surface area contributed by atoms with E-state index in [1.165, 1.54) is 29.5 Å². The summed E-state index contributed by atoms with van der Waals surface area (Å²) in [6, 6.07) is 33.0. The van der Waals surface area contributed by atoms with Crippen LogP contribution < -0.4 is 0 Å². The molecular formula is C29H36. The summed E-state index contributed by atoms with van der Waals surface area (Å²) in [4.78, 5) is 0. The molecule has 0 heteroatoms. The molecule has 0 N–H and O–H groups in total. The van der Waals surface area contributed by atoms with E-state index in [0.29, 0.717) is 5.92 Å². The average molecular weight is 385 g/mol. The van der Waals surface area contributed by atoms with Gasteiger partial charge < -0.3 is 0 Å². The lowest BCUT2D eigenvalue weighted by Gasteiger charge is -2.40. The van der Waals surface area contributed by atoms with Crippen LogP contribution in [0.25, 0.3) is 0 Å². The molecule has 0 fully saturated rings. The first-order valence-corrected chi connectivity index (χ1v) is 11.0. The van der Waals surface area contributed by atoms with Crippen LogP contribution in [0.4, 0.5) is 0 Å². The van der Waals surface area contributed by atoms with Crippen molar-refractivity contribution in [3.8, 4) is 0 Å². The van der Waals surface area contributed by atoms with E-state index < -0.39 is 0 Å². The van der Waals surface area contributed by atoms with Crippen LogP contribution >= 0.6 is 0 Å². The molecule has 1 unspecified atom stereocenters. The number of rotatable bonds is 9. The molecule has 0 saturated carbocycles. The van der Waals surface area contributed by atoms with E-state index >= 15 is 0 Å². The molecule has 3 rings (SSSR count). The van der Waals surface area contributed by atoms with Gasteiger partial charge in [-0.05, 0) is 59.1 Å². The van der Waals surface area contributed by atoms with Gasteiger partial charge in [-0.25, -0.2) is 0 Å². The van der Waals surface area contributed by atoms with Gasteiger partial charge in [-0.2, -0.15) is 0 Å². The zero-order valence-corrected chi connectivity index (χ0v) is 18.6. The third-order valence-electron chi connectivity index (χ3n) is 6.33. The first-order chi connectivity index (χ1) is 13.9. The van der Waals surface area contributed by atoms with E-state index in [0.717, 1.165) is 12.8 Å². The Morgan fingerprint density at radius 1 is 0.621 bits per heavy atom. The lowest BCUT2D eigenvalue weighted by atomic mass is 9.64. The van der Waals surface area contributed by atoms with Crippen molar-refractivity contribution in [3.63, 3.8) is 0 Å². The van der Waals surface area contributed by atoms with Crippen LogP contribution in [0.5, 0.6) is 0 Å². The molecule has 3 aromatic rings. The van der Waals surface area contributed by atoms with E-state index in [-0.39, 0.29) is 10.8 Å². The fourth-order valence-electron chi connectivity index (χ4n) is 4.59. The Labute approximate surface area is 178 Å². The predicted molar refractivity (Wildman–Crippen MR) is 126 cm³/mol. The zero-order chi connectivity index (χ0) is 20.7. The van der Waals surface area contributed by atoms with Gasteiger partial charge in [0, 0.05) is 0 Å². The van der Waals surface area contributed by atoms with E-state index in [1.54, 1.807) is 0 Å². The molecule has 3 aromatic carbocycles. The molecule has 29 heavy (non-hydrogen) atoms. The van der Waals surface area contributed by atoms with Gasteiger partial charge in [0.15, 0.2) is 0 Å². The summed E-state index contributed by atoms with van der Waals surface area (Å²) in [6.07, 6.45) is 4.63. The van der Waals surface area contributed by atoms with Crippen molar-refractivity contribution in [3.05, 3.63) is 108 Å². The van der Waals surface area contributed by atoms with Crippen molar-refractivity contribution >= 4 is 0 Å². The molecule has 1 atom stereocenters. The maximum atomic E-state index is 2.46. The topological polar surface area (TPSA) is 0 Å². The normalized spacial score (nSPS) is 13.2. The second-order valence-electron chi connectivity index (χ2n) is 9.97. The third-order valence-corrected chi connectivity index (χ3v) is 6.33. The van der Waals surface area contributed by atoms with Crippen molar-refractivity contribution in [1.29, 1.82) is 0 Å². The minimum atomic E-state index is 0.227. The van der Waals surface area contributed by atoms with Crippen LogP contribution in [0, 0.1) is 10.8 Å². The maximum absolute atomic E-state index is 2.46. The quantitative estimate of drug-likeness (QED) is 0.350. The summed E-state index contributed by atoms with van der Waals surface area (Å²) in [5.74, 6) is 0.533. The van der Waals surface area contributed by atoms with Crippen LogP contribution in [-0.2, 0) is 12.8 Å². The van der Waals surface area contributed by atoms with Crippen LogP contribution in [0.1, 0.15) is 63.1 Å². The number of hydrogen-bond donors (Lipinski definition) is 0. The van der Waals surface area contributed by atoms with E-state index in [9.17, 15) is 0 Å².